The Labute approximate surface area is 139 Å². The first kappa shape index (κ1) is 18.3. The van der Waals surface area contributed by atoms with E-state index in [-0.39, 0.29) is 0 Å². The summed E-state index contributed by atoms with van der Waals surface area (Å²) in [6, 6.07) is 1.41. The van der Waals surface area contributed by atoms with Crippen molar-refractivity contribution in [2.75, 3.05) is 13.1 Å². The third kappa shape index (κ3) is 3.87. The Balaban J connectivity index is 1.86. The van der Waals surface area contributed by atoms with Crippen LogP contribution in [0.3, 0.4) is 0 Å². The van der Waals surface area contributed by atoms with E-state index in [1.54, 1.807) is 0 Å². The summed E-state index contributed by atoms with van der Waals surface area (Å²) in [6.07, 6.45) is 5.49. The Morgan fingerprint density at radius 3 is 1.95 bits per heavy atom. The van der Waals surface area contributed by atoms with E-state index >= 15 is 0 Å². The molecule has 0 radical (unpaired) electrons. The van der Waals surface area contributed by atoms with Gasteiger partial charge in [0, 0.05) is 36.3 Å². The molecule has 0 spiro atoms. The summed E-state index contributed by atoms with van der Waals surface area (Å²) in [4.78, 5) is 5.49. The Kier molecular flexibility index (Phi) is 5.34. The summed E-state index contributed by atoms with van der Waals surface area (Å²) in [5.41, 5.74) is 0.793. The molecule has 2 aliphatic heterocycles. The quantitative estimate of drug-likeness (QED) is 0.721. The normalized spacial score (nSPS) is 33.7. The summed E-state index contributed by atoms with van der Waals surface area (Å²) < 4.78 is 0. The second-order valence-electron chi connectivity index (χ2n) is 9.83. The van der Waals surface area contributed by atoms with Crippen LogP contribution in [0.25, 0.3) is 0 Å². The number of hydrogen-bond donors (Lipinski definition) is 0. The second kappa shape index (κ2) is 6.43. The monoisotopic (exact) mass is 308 g/mol. The Morgan fingerprint density at radius 1 is 0.909 bits per heavy atom. The third-order valence-electron chi connectivity index (χ3n) is 6.30. The fourth-order valence-electron chi connectivity index (χ4n) is 5.54. The van der Waals surface area contributed by atoms with Crippen molar-refractivity contribution in [1.82, 2.24) is 9.80 Å². The van der Waals surface area contributed by atoms with Crippen molar-refractivity contribution >= 4 is 0 Å². The largest absolute Gasteiger partial charge is 0.296 e. The van der Waals surface area contributed by atoms with Crippen molar-refractivity contribution in [1.29, 1.82) is 0 Å². The zero-order chi connectivity index (χ0) is 16.7. The van der Waals surface area contributed by atoms with Gasteiger partial charge in [0.05, 0.1) is 0 Å². The predicted molar refractivity (Wildman–Crippen MR) is 97.3 cm³/mol. The lowest BCUT2D eigenvalue weighted by Gasteiger charge is -2.37. The van der Waals surface area contributed by atoms with Gasteiger partial charge in [-0.3, -0.25) is 9.80 Å². The molecule has 0 aromatic rings. The van der Waals surface area contributed by atoms with E-state index in [0.29, 0.717) is 17.1 Å². The van der Waals surface area contributed by atoms with Gasteiger partial charge in [-0.1, -0.05) is 6.92 Å². The molecule has 2 fully saturated rings. The summed E-state index contributed by atoms with van der Waals surface area (Å²) in [6.45, 7) is 21.9. The molecule has 2 rings (SSSR count). The zero-order valence-electron chi connectivity index (χ0n) is 16.4. The Hall–Kier alpha value is -0.0800. The SMILES string of the molecule is CC1CN(C(C)CC[C@@H]2CN(C(C)C)C(C)(C)C2)C(C)(C)C1. The third-order valence-corrected chi connectivity index (χ3v) is 6.30. The van der Waals surface area contributed by atoms with E-state index in [9.17, 15) is 0 Å². The highest BCUT2D eigenvalue weighted by atomic mass is 15.2. The van der Waals surface area contributed by atoms with Crippen molar-refractivity contribution in [2.45, 2.75) is 104 Å². The highest BCUT2D eigenvalue weighted by Gasteiger charge is 2.41. The van der Waals surface area contributed by atoms with Gasteiger partial charge in [0.25, 0.3) is 0 Å². The van der Waals surface area contributed by atoms with Crippen LogP contribution in [-0.4, -0.2) is 46.1 Å². The maximum absolute atomic E-state index is 2.78. The lowest BCUT2D eigenvalue weighted by atomic mass is 9.91. The summed E-state index contributed by atoms with van der Waals surface area (Å²) >= 11 is 0. The van der Waals surface area contributed by atoms with E-state index in [2.05, 4.69) is 65.2 Å². The molecule has 2 aliphatic rings. The second-order valence-corrected chi connectivity index (χ2v) is 9.83. The molecule has 0 bridgehead atoms. The molecule has 0 aromatic carbocycles. The van der Waals surface area contributed by atoms with Gasteiger partial charge >= 0.3 is 0 Å². The molecule has 3 atom stereocenters. The summed E-state index contributed by atoms with van der Waals surface area (Å²) in [7, 11) is 0. The maximum Gasteiger partial charge on any atom is 0.0159 e. The van der Waals surface area contributed by atoms with E-state index < -0.39 is 0 Å². The molecule has 0 aromatic heterocycles. The minimum atomic E-state index is 0.392. The average molecular weight is 309 g/mol. The van der Waals surface area contributed by atoms with Gasteiger partial charge in [-0.15, -0.1) is 0 Å². The summed E-state index contributed by atoms with van der Waals surface area (Å²) in [5, 5.41) is 0. The molecule has 0 N–H and O–H groups in total. The number of nitrogens with zero attached hydrogens (tertiary/aromatic N) is 2. The molecule has 2 saturated heterocycles. The molecule has 2 heterocycles. The molecule has 0 amide bonds. The lowest BCUT2D eigenvalue weighted by Crippen LogP contribution is -2.44. The first-order valence-corrected chi connectivity index (χ1v) is 9.56. The van der Waals surface area contributed by atoms with Gasteiger partial charge in [-0.05, 0) is 86.0 Å². The van der Waals surface area contributed by atoms with Crippen LogP contribution in [0.4, 0.5) is 0 Å². The maximum atomic E-state index is 2.78. The van der Waals surface area contributed by atoms with Gasteiger partial charge in [0.1, 0.15) is 0 Å². The molecule has 130 valence electrons. The molecule has 2 nitrogen and oxygen atoms in total. The first-order chi connectivity index (χ1) is 10.0. The standard InChI is InChI=1S/C20H40N2/c1-15(2)21-14-18(12-20(21,7)8)10-9-17(4)22-13-16(3)11-19(22,5)6/h15-18H,9-14H2,1-8H3/t16?,17?,18-/m0/s1. The lowest BCUT2D eigenvalue weighted by molar-refractivity contribution is 0.113. The van der Waals surface area contributed by atoms with Gasteiger partial charge in [0.15, 0.2) is 0 Å². The van der Waals surface area contributed by atoms with E-state index in [1.807, 2.05) is 0 Å². The fourth-order valence-corrected chi connectivity index (χ4v) is 5.54. The molecule has 22 heavy (non-hydrogen) atoms. The van der Waals surface area contributed by atoms with E-state index in [0.717, 1.165) is 17.9 Å². The molecular weight excluding hydrogens is 268 g/mol. The predicted octanol–water partition coefficient (Wildman–Crippen LogP) is 4.78. The van der Waals surface area contributed by atoms with Crippen molar-refractivity contribution in [3.05, 3.63) is 0 Å². The van der Waals surface area contributed by atoms with Crippen LogP contribution >= 0.6 is 0 Å². The molecule has 2 heteroatoms. The molecule has 0 aliphatic carbocycles. The van der Waals surface area contributed by atoms with Crippen molar-refractivity contribution < 1.29 is 0 Å². The first-order valence-electron chi connectivity index (χ1n) is 9.56. The Bertz CT molecular complexity index is 372. The summed E-state index contributed by atoms with van der Waals surface area (Å²) in [5.74, 6) is 1.75. The van der Waals surface area contributed by atoms with E-state index in [1.165, 1.54) is 38.8 Å². The average Bonchev–Trinajstić information content (AvgIpc) is 2.81. The van der Waals surface area contributed by atoms with Crippen LogP contribution in [0.5, 0.6) is 0 Å². The van der Waals surface area contributed by atoms with E-state index in [4.69, 9.17) is 0 Å². The van der Waals surface area contributed by atoms with Crippen LogP contribution < -0.4 is 0 Å². The van der Waals surface area contributed by atoms with Crippen molar-refractivity contribution in [2.24, 2.45) is 11.8 Å². The van der Waals surface area contributed by atoms with Crippen molar-refractivity contribution in [3.8, 4) is 0 Å². The highest BCUT2D eigenvalue weighted by Crippen LogP contribution is 2.38. The van der Waals surface area contributed by atoms with Crippen LogP contribution in [0.1, 0.15) is 81.1 Å². The molecule has 0 saturated carbocycles. The van der Waals surface area contributed by atoms with Gasteiger partial charge in [0.2, 0.25) is 0 Å². The number of likely N-dealkylation sites (tertiary alicyclic amines) is 2. The number of hydrogen-bond acceptors (Lipinski definition) is 2. The molecular formula is C20H40N2. The smallest absolute Gasteiger partial charge is 0.0159 e. The molecule has 2 unspecified atom stereocenters. The fraction of sp³-hybridized carbons (Fsp3) is 1.00. The minimum Gasteiger partial charge on any atom is -0.296 e. The van der Waals surface area contributed by atoms with Gasteiger partial charge in [-0.25, -0.2) is 0 Å². The Morgan fingerprint density at radius 2 is 1.50 bits per heavy atom. The topological polar surface area (TPSA) is 6.48 Å². The highest BCUT2D eigenvalue weighted by molar-refractivity contribution is 4.96. The van der Waals surface area contributed by atoms with Gasteiger partial charge < -0.3 is 0 Å². The van der Waals surface area contributed by atoms with Gasteiger partial charge in [-0.2, -0.15) is 0 Å². The van der Waals surface area contributed by atoms with Crippen molar-refractivity contribution in [3.63, 3.8) is 0 Å². The van der Waals surface area contributed by atoms with Crippen LogP contribution in [-0.2, 0) is 0 Å². The van der Waals surface area contributed by atoms with Crippen LogP contribution in [0.15, 0.2) is 0 Å². The zero-order valence-corrected chi connectivity index (χ0v) is 16.4. The minimum absolute atomic E-state index is 0.392. The van der Waals surface area contributed by atoms with Crippen LogP contribution in [0.2, 0.25) is 0 Å². The number of rotatable bonds is 5. The van der Waals surface area contributed by atoms with Crippen LogP contribution in [0, 0.1) is 11.8 Å².